The van der Waals surface area contributed by atoms with E-state index in [4.69, 9.17) is 0 Å². The van der Waals surface area contributed by atoms with E-state index in [-0.39, 0.29) is 0 Å². The molecule has 3 heterocycles. The van der Waals surface area contributed by atoms with Gasteiger partial charge in [-0.05, 0) is 70.4 Å². The van der Waals surface area contributed by atoms with Crippen LogP contribution in [0.4, 0.5) is 0 Å². The van der Waals surface area contributed by atoms with E-state index >= 15 is 0 Å². The van der Waals surface area contributed by atoms with Crippen molar-refractivity contribution in [3.05, 3.63) is 0 Å². The minimum absolute atomic E-state index is 0.675. The summed E-state index contributed by atoms with van der Waals surface area (Å²) in [5.41, 5.74) is 0. The SMILES string of the molecule is C1CNCC2CNCCCNCC(CNC1)CNCCCNC2. The Morgan fingerprint density at radius 2 is 0.565 bits per heavy atom. The Kier molecular flexibility index (Phi) is 10.9. The summed E-state index contributed by atoms with van der Waals surface area (Å²) >= 11 is 0. The summed E-state index contributed by atoms with van der Waals surface area (Å²) in [5.74, 6) is 1.35. The number of hydrogen-bond donors (Lipinski definition) is 6. The Hall–Kier alpha value is -0.240. The van der Waals surface area contributed by atoms with Gasteiger partial charge in [0.2, 0.25) is 0 Å². The van der Waals surface area contributed by atoms with E-state index in [0.717, 1.165) is 78.5 Å². The molecule has 3 rings (SSSR count). The summed E-state index contributed by atoms with van der Waals surface area (Å²) in [5, 5.41) is 21.8. The number of rotatable bonds is 0. The highest BCUT2D eigenvalue weighted by atomic mass is 15.0. The van der Waals surface area contributed by atoms with Gasteiger partial charge in [-0.1, -0.05) is 0 Å². The first kappa shape index (κ1) is 19.1. The summed E-state index contributed by atoms with van der Waals surface area (Å²) in [4.78, 5) is 0. The van der Waals surface area contributed by atoms with Gasteiger partial charge in [0, 0.05) is 39.3 Å². The summed E-state index contributed by atoms with van der Waals surface area (Å²) in [7, 11) is 0. The largest absolute Gasteiger partial charge is 0.316 e. The van der Waals surface area contributed by atoms with E-state index in [1.54, 1.807) is 0 Å². The minimum atomic E-state index is 0.675. The van der Waals surface area contributed by atoms with Crippen LogP contribution in [0.3, 0.4) is 0 Å². The average Bonchev–Trinajstić information content (AvgIpc) is 2.55. The zero-order valence-corrected chi connectivity index (χ0v) is 14.8. The Morgan fingerprint density at radius 1 is 0.348 bits per heavy atom. The third-order valence-electron chi connectivity index (χ3n) is 4.72. The van der Waals surface area contributed by atoms with Gasteiger partial charge in [0.1, 0.15) is 0 Å². The molecule has 0 amide bonds. The molecule has 136 valence electrons. The molecule has 6 heteroatoms. The van der Waals surface area contributed by atoms with Crippen molar-refractivity contribution in [2.45, 2.75) is 19.3 Å². The van der Waals surface area contributed by atoms with Crippen molar-refractivity contribution in [1.82, 2.24) is 31.9 Å². The second-order valence-electron chi connectivity index (χ2n) is 7.02. The van der Waals surface area contributed by atoms with Crippen LogP contribution in [0.15, 0.2) is 0 Å². The van der Waals surface area contributed by atoms with Crippen molar-refractivity contribution < 1.29 is 0 Å². The highest BCUT2D eigenvalue weighted by Crippen LogP contribution is 1.96. The van der Waals surface area contributed by atoms with Gasteiger partial charge < -0.3 is 31.9 Å². The molecule has 0 aromatic rings. The molecule has 3 aliphatic rings. The fraction of sp³-hybridized carbons (Fsp3) is 1.00. The zero-order chi connectivity index (χ0) is 16.0. The Bertz CT molecular complexity index is 209. The molecule has 0 atom stereocenters. The molecule has 0 aliphatic carbocycles. The lowest BCUT2D eigenvalue weighted by atomic mass is 10.1. The molecule has 23 heavy (non-hydrogen) atoms. The van der Waals surface area contributed by atoms with E-state index in [2.05, 4.69) is 31.9 Å². The number of hydrogen-bond acceptors (Lipinski definition) is 6. The third-order valence-corrected chi connectivity index (χ3v) is 4.72. The van der Waals surface area contributed by atoms with Crippen LogP contribution in [-0.2, 0) is 0 Å². The lowest BCUT2D eigenvalue weighted by Crippen LogP contribution is -2.42. The number of nitrogens with one attached hydrogen (secondary N) is 6. The third kappa shape index (κ3) is 9.59. The van der Waals surface area contributed by atoms with Crippen LogP contribution in [-0.4, -0.2) is 78.5 Å². The van der Waals surface area contributed by atoms with E-state index in [9.17, 15) is 0 Å². The lowest BCUT2D eigenvalue weighted by Gasteiger charge is -2.22. The smallest absolute Gasteiger partial charge is 0.000381 e. The van der Waals surface area contributed by atoms with E-state index in [1.165, 1.54) is 19.3 Å². The maximum Gasteiger partial charge on any atom is 0.000381 e. The van der Waals surface area contributed by atoms with Crippen molar-refractivity contribution in [2.24, 2.45) is 11.8 Å². The molecule has 3 aliphatic heterocycles. The summed E-state index contributed by atoms with van der Waals surface area (Å²) in [6.07, 6.45) is 3.63. The molecule has 0 spiro atoms. The van der Waals surface area contributed by atoms with Crippen molar-refractivity contribution in [1.29, 1.82) is 0 Å². The van der Waals surface area contributed by atoms with Crippen LogP contribution in [0.25, 0.3) is 0 Å². The number of fused-ring (bicyclic) bond motifs is 18. The van der Waals surface area contributed by atoms with Crippen LogP contribution in [0, 0.1) is 11.8 Å². The van der Waals surface area contributed by atoms with Gasteiger partial charge in [-0.25, -0.2) is 0 Å². The van der Waals surface area contributed by atoms with E-state index in [1.807, 2.05) is 0 Å². The summed E-state index contributed by atoms with van der Waals surface area (Å²) in [6, 6.07) is 0. The minimum Gasteiger partial charge on any atom is -0.316 e. The molecular formula is C17H38N6. The van der Waals surface area contributed by atoms with Crippen molar-refractivity contribution in [3.63, 3.8) is 0 Å². The van der Waals surface area contributed by atoms with Gasteiger partial charge >= 0.3 is 0 Å². The lowest BCUT2D eigenvalue weighted by molar-refractivity contribution is 0.380. The first-order valence-electron chi connectivity index (χ1n) is 9.69. The normalized spacial score (nSPS) is 31.3. The van der Waals surface area contributed by atoms with Crippen LogP contribution < -0.4 is 31.9 Å². The molecule has 0 radical (unpaired) electrons. The molecular weight excluding hydrogens is 288 g/mol. The Balaban J connectivity index is 1.88. The fourth-order valence-electron chi connectivity index (χ4n) is 3.29. The highest BCUT2D eigenvalue weighted by molar-refractivity contribution is 4.72. The maximum absolute atomic E-state index is 3.64. The van der Waals surface area contributed by atoms with Gasteiger partial charge in [-0.15, -0.1) is 0 Å². The summed E-state index contributed by atoms with van der Waals surface area (Å²) in [6.45, 7) is 13.4. The second-order valence-corrected chi connectivity index (χ2v) is 7.02. The molecule has 0 aromatic heterocycles. The molecule has 3 fully saturated rings. The molecule has 2 bridgehead atoms. The molecule has 0 saturated carbocycles. The fourth-order valence-corrected chi connectivity index (χ4v) is 3.29. The quantitative estimate of drug-likeness (QED) is 0.342. The van der Waals surface area contributed by atoms with Crippen LogP contribution in [0.2, 0.25) is 0 Å². The monoisotopic (exact) mass is 326 g/mol. The van der Waals surface area contributed by atoms with Gasteiger partial charge in [-0.3, -0.25) is 0 Å². The van der Waals surface area contributed by atoms with E-state index < -0.39 is 0 Å². The van der Waals surface area contributed by atoms with Crippen LogP contribution in [0.5, 0.6) is 0 Å². The Morgan fingerprint density at radius 3 is 0.783 bits per heavy atom. The first-order chi connectivity index (χ1) is 11.4. The van der Waals surface area contributed by atoms with Gasteiger partial charge in [0.05, 0.1) is 0 Å². The predicted molar refractivity (Wildman–Crippen MR) is 98.0 cm³/mol. The topological polar surface area (TPSA) is 72.2 Å². The first-order valence-corrected chi connectivity index (χ1v) is 9.69. The van der Waals surface area contributed by atoms with Crippen LogP contribution >= 0.6 is 0 Å². The highest BCUT2D eigenvalue weighted by Gasteiger charge is 2.11. The molecule has 6 N–H and O–H groups in total. The maximum atomic E-state index is 3.64. The standard InChI is InChI=1S/C17H38N6/c1-4-18-10-16-12-20-6-2-7-21-13-17(11-19-5-1)15-23-9-3-8-22-14-16/h16-23H,1-15H2. The molecule has 0 aromatic carbocycles. The van der Waals surface area contributed by atoms with Crippen molar-refractivity contribution in [2.75, 3.05) is 78.5 Å². The summed E-state index contributed by atoms with van der Waals surface area (Å²) < 4.78 is 0. The zero-order valence-electron chi connectivity index (χ0n) is 14.8. The van der Waals surface area contributed by atoms with Gasteiger partial charge in [0.25, 0.3) is 0 Å². The molecule has 6 nitrogen and oxygen atoms in total. The van der Waals surface area contributed by atoms with Crippen molar-refractivity contribution >= 4 is 0 Å². The van der Waals surface area contributed by atoms with Crippen molar-refractivity contribution in [3.8, 4) is 0 Å². The van der Waals surface area contributed by atoms with Gasteiger partial charge in [0.15, 0.2) is 0 Å². The van der Waals surface area contributed by atoms with Gasteiger partial charge in [-0.2, -0.15) is 0 Å². The van der Waals surface area contributed by atoms with E-state index in [0.29, 0.717) is 11.8 Å². The molecule has 0 unspecified atom stereocenters. The molecule has 3 saturated heterocycles. The average molecular weight is 327 g/mol. The van der Waals surface area contributed by atoms with Crippen LogP contribution in [0.1, 0.15) is 19.3 Å². The second kappa shape index (κ2) is 13.1. The predicted octanol–water partition coefficient (Wildman–Crippen LogP) is -1.05. The Labute approximate surface area is 142 Å².